The first-order chi connectivity index (χ1) is 10.6. The van der Waals surface area contributed by atoms with Gasteiger partial charge in [0.15, 0.2) is 5.69 Å². The van der Waals surface area contributed by atoms with Gasteiger partial charge in [0, 0.05) is 11.1 Å². The molecule has 9 nitrogen and oxygen atoms in total. The van der Waals surface area contributed by atoms with Gasteiger partial charge in [0.1, 0.15) is 16.7 Å². The molecule has 3 heterocycles. The molecule has 0 saturated carbocycles. The van der Waals surface area contributed by atoms with Gasteiger partial charge in [0.25, 0.3) is 11.4 Å². The summed E-state index contributed by atoms with van der Waals surface area (Å²) in [6.45, 7) is 0. The van der Waals surface area contributed by atoms with Gasteiger partial charge in [-0.2, -0.15) is 0 Å². The van der Waals surface area contributed by atoms with Gasteiger partial charge in [-0.1, -0.05) is 23.4 Å². The van der Waals surface area contributed by atoms with Crippen molar-refractivity contribution >= 4 is 35.0 Å². The molecular weight excluding hydrogens is 330 g/mol. The maximum Gasteiger partial charge on any atom is 0.281 e. The molecule has 0 unspecified atom stereocenters. The molecule has 0 aromatic carbocycles. The van der Waals surface area contributed by atoms with Crippen molar-refractivity contribution in [3.8, 4) is 11.6 Å². The molecule has 112 valence electrons. The van der Waals surface area contributed by atoms with Crippen molar-refractivity contribution in [2.75, 3.05) is 11.5 Å². The second kappa shape index (κ2) is 5.66. The van der Waals surface area contributed by atoms with Crippen LogP contribution in [0, 0.1) is 0 Å². The lowest BCUT2D eigenvalue weighted by molar-refractivity contribution is 0.564. The van der Waals surface area contributed by atoms with Gasteiger partial charge in [-0.05, 0) is 6.07 Å². The lowest BCUT2D eigenvalue weighted by atomic mass is 10.4. The highest BCUT2D eigenvalue weighted by atomic mass is 35.5. The molecule has 11 heteroatoms. The molecular formula is C11H8ClN7O2S. The fraction of sp³-hybridized carbons (Fsp3) is 0. The summed E-state index contributed by atoms with van der Waals surface area (Å²) < 4.78 is 4.98. The average Bonchev–Trinajstić information content (AvgIpc) is 3.00. The molecule has 0 radical (unpaired) electrons. The summed E-state index contributed by atoms with van der Waals surface area (Å²) in [5.41, 5.74) is 10.9. The number of hydrogen-bond donors (Lipinski definition) is 3. The molecule has 0 saturated heterocycles. The van der Waals surface area contributed by atoms with E-state index in [1.165, 1.54) is 6.20 Å². The normalized spacial score (nSPS) is 10.8. The number of nitrogens with two attached hydrogens (primary N) is 2. The van der Waals surface area contributed by atoms with Crippen LogP contribution >= 0.6 is 23.4 Å². The highest BCUT2D eigenvalue weighted by Crippen LogP contribution is 2.36. The molecule has 3 rings (SSSR count). The van der Waals surface area contributed by atoms with Crippen LogP contribution in [-0.4, -0.2) is 25.1 Å². The van der Waals surface area contributed by atoms with E-state index < -0.39 is 5.56 Å². The van der Waals surface area contributed by atoms with Crippen LogP contribution in [0.5, 0.6) is 0 Å². The molecule has 5 N–H and O–H groups in total. The number of anilines is 2. The number of halogens is 1. The van der Waals surface area contributed by atoms with E-state index >= 15 is 0 Å². The number of hydrogen-bond acceptors (Lipinski definition) is 9. The zero-order chi connectivity index (χ0) is 15.7. The first-order valence-electron chi connectivity index (χ1n) is 5.80. The van der Waals surface area contributed by atoms with Crippen molar-refractivity contribution in [1.82, 2.24) is 25.1 Å². The summed E-state index contributed by atoms with van der Waals surface area (Å²) >= 11 is 7.20. The zero-order valence-electron chi connectivity index (χ0n) is 10.8. The van der Waals surface area contributed by atoms with Crippen LogP contribution in [0.2, 0.25) is 5.02 Å². The molecule has 0 fully saturated rings. The smallest absolute Gasteiger partial charge is 0.281 e. The van der Waals surface area contributed by atoms with Crippen molar-refractivity contribution in [2.45, 2.75) is 9.92 Å². The third kappa shape index (κ3) is 2.61. The highest BCUT2D eigenvalue weighted by molar-refractivity contribution is 7.99. The number of rotatable bonds is 3. The Morgan fingerprint density at radius 1 is 1.36 bits per heavy atom. The van der Waals surface area contributed by atoms with Gasteiger partial charge in [0.2, 0.25) is 6.39 Å². The summed E-state index contributed by atoms with van der Waals surface area (Å²) in [6.07, 6.45) is 2.60. The predicted octanol–water partition coefficient (Wildman–Crippen LogP) is 1.18. The third-order valence-electron chi connectivity index (χ3n) is 2.56. The Bertz CT molecular complexity index is 881. The summed E-state index contributed by atoms with van der Waals surface area (Å²) in [4.78, 5) is 23.0. The minimum Gasteiger partial charge on any atom is -0.422 e. The van der Waals surface area contributed by atoms with Crippen LogP contribution in [-0.2, 0) is 0 Å². The molecule has 3 aromatic rings. The van der Waals surface area contributed by atoms with Crippen LogP contribution in [0.4, 0.5) is 11.6 Å². The van der Waals surface area contributed by atoms with Gasteiger partial charge >= 0.3 is 0 Å². The lowest BCUT2D eigenvalue weighted by Gasteiger charge is -2.07. The molecule has 0 amide bonds. The second-order valence-electron chi connectivity index (χ2n) is 3.99. The fourth-order valence-electron chi connectivity index (χ4n) is 1.57. The van der Waals surface area contributed by atoms with Gasteiger partial charge in [-0.15, -0.1) is 10.2 Å². The van der Waals surface area contributed by atoms with Gasteiger partial charge in [-0.3, -0.25) is 4.79 Å². The van der Waals surface area contributed by atoms with E-state index in [1.807, 2.05) is 0 Å². The number of nitrogen functional groups attached to an aromatic ring is 2. The average molecular weight is 338 g/mol. The van der Waals surface area contributed by atoms with E-state index in [2.05, 4.69) is 25.1 Å². The monoisotopic (exact) mass is 337 g/mol. The Balaban J connectivity index is 2.06. The van der Waals surface area contributed by atoms with Gasteiger partial charge in [-0.25, -0.2) is 9.97 Å². The molecule has 0 bridgehead atoms. The molecule has 3 aromatic heterocycles. The zero-order valence-corrected chi connectivity index (χ0v) is 12.4. The van der Waals surface area contributed by atoms with E-state index in [0.29, 0.717) is 9.92 Å². The molecule has 0 aliphatic carbocycles. The summed E-state index contributed by atoms with van der Waals surface area (Å²) in [6, 6.07) is 1.65. The van der Waals surface area contributed by atoms with Crippen LogP contribution in [0.3, 0.4) is 0 Å². The van der Waals surface area contributed by atoms with E-state index in [0.717, 1.165) is 18.2 Å². The van der Waals surface area contributed by atoms with Crippen molar-refractivity contribution in [1.29, 1.82) is 0 Å². The number of H-pyrrole nitrogens is 1. The summed E-state index contributed by atoms with van der Waals surface area (Å²) in [5, 5.41) is 7.76. The Morgan fingerprint density at radius 3 is 2.91 bits per heavy atom. The largest absolute Gasteiger partial charge is 0.422 e. The van der Waals surface area contributed by atoms with E-state index in [-0.39, 0.29) is 28.2 Å². The first kappa shape index (κ1) is 14.4. The van der Waals surface area contributed by atoms with E-state index in [1.54, 1.807) is 6.07 Å². The Hall–Kier alpha value is -2.59. The molecule has 22 heavy (non-hydrogen) atoms. The number of aromatic nitrogens is 5. The molecule has 0 aliphatic heterocycles. The molecule has 0 spiro atoms. The van der Waals surface area contributed by atoms with E-state index in [4.69, 9.17) is 27.5 Å². The fourth-order valence-corrected chi connectivity index (χ4v) is 2.63. The summed E-state index contributed by atoms with van der Waals surface area (Å²) in [5.74, 6) is 0.264. The van der Waals surface area contributed by atoms with Crippen LogP contribution in [0.1, 0.15) is 0 Å². The third-order valence-corrected chi connectivity index (χ3v) is 4.13. The van der Waals surface area contributed by atoms with E-state index in [9.17, 15) is 4.79 Å². The number of nitrogens with zero attached hydrogens (tertiary/aromatic N) is 4. The second-order valence-corrected chi connectivity index (χ2v) is 5.40. The topological polar surface area (TPSA) is 150 Å². The van der Waals surface area contributed by atoms with Crippen molar-refractivity contribution in [3.05, 3.63) is 34.0 Å². The standard InChI is InChI=1S/C11H8ClN7O2S/c12-5-4(1-2-15-7(5)13)22-11-8(14)18-9(20)6(17-11)10-19-16-3-21-10/h1-3H,(H2,13,15)(H3,14,18,20). The van der Waals surface area contributed by atoms with Crippen LogP contribution < -0.4 is 17.0 Å². The number of pyridine rings is 1. The quantitative estimate of drug-likeness (QED) is 0.640. The highest BCUT2D eigenvalue weighted by Gasteiger charge is 2.17. The minimum atomic E-state index is -0.536. The van der Waals surface area contributed by atoms with Gasteiger partial charge < -0.3 is 20.9 Å². The molecule has 0 aliphatic rings. The number of nitrogens with one attached hydrogen (secondary N) is 1. The Morgan fingerprint density at radius 2 is 2.18 bits per heavy atom. The predicted molar refractivity (Wildman–Crippen MR) is 80.3 cm³/mol. The maximum atomic E-state index is 11.9. The van der Waals surface area contributed by atoms with Crippen LogP contribution in [0.15, 0.2) is 37.8 Å². The molecule has 0 atom stereocenters. The Labute approximate surface area is 132 Å². The first-order valence-corrected chi connectivity index (χ1v) is 7.00. The Kier molecular flexibility index (Phi) is 3.69. The van der Waals surface area contributed by atoms with Crippen molar-refractivity contribution in [2.24, 2.45) is 0 Å². The SMILES string of the molecule is Nc1nccc(Sc2nc(-c3nnco3)c(=O)[nH]c2N)c1Cl. The van der Waals surface area contributed by atoms with Gasteiger partial charge in [0.05, 0.1) is 5.02 Å². The summed E-state index contributed by atoms with van der Waals surface area (Å²) in [7, 11) is 0. The maximum absolute atomic E-state index is 11.9. The lowest BCUT2D eigenvalue weighted by Crippen LogP contribution is -2.15. The van der Waals surface area contributed by atoms with Crippen molar-refractivity contribution < 1.29 is 4.42 Å². The van der Waals surface area contributed by atoms with Crippen LogP contribution in [0.25, 0.3) is 11.6 Å². The minimum absolute atomic E-state index is 0.0107. The number of aromatic amines is 1. The van der Waals surface area contributed by atoms with Crippen molar-refractivity contribution in [3.63, 3.8) is 0 Å².